The number of amides is 1. The van der Waals surface area contributed by atoms with Crippen LogP contribution in [0.2, 0.25) is 0 Å². The molecule has 0 unspecified atom stereocenters. The van der Waals surface area contributed by atoms with Crippen molar-refractivity contribution >= 4 is 39.1 Å². The van der Waals surface area contributed by atoms with Crippen molar-refractivity contribution in [3.8, 4) is 11.5 Å². The first-order valence-corrected chi connectivity index (χ1v) is 12.7. The zero-order chi connectivity index (χ0) is 23.8. The maximum Gasteiger partial charge on any atom is 0.265 e. The van der Waals surface area contributed by atoms with Gasteiger partial charge < -0.3 is 14.8 Å². The van der Waals surface area contributed by atoms with Crippen LogP contribution in [-0.4, -0.2) is 34.3 Å². The Hall–Kier alpha value is -3.17. The summed E-state index contributed by atoms with van der Waals surface area (Å²) in [5.41, 5.74) is 3.07. The third-order valence-electron chi connectivity index (χ3n) is 4.70. The van der Waals surface area contributed by atoms with Crippen LogP contribution in [0, 0.1) is 6.92 Å². The Balaban J connectivity index is 1.67. The third kappa shape index (κ3) is 6.90. The summed E-state index contributed by atoms with van der Waals surface area (Å²) in [6, 6.07) is 19.1. The van der Waals surface area contributed by atoms with Crippen molar-refractivity contribution in [1.29, 1.82) is 0 Å². The highest BCUT2D eigenvalue weighted by molar-refractivity contribution is 7.99. The van der Waals surface area contributed by atoms with Crippen LogP contribution in [0.25, 0.3) is 0 Å². The van der Waals surface area contributed by atoms with Gasteiger partial charge in [-0.1, -0.05) is 29.8 Å². The third-order valence-corrected chi connectivity index (χ3v) is 7.11. The van der Waals surface area contributed by atoms with Gasteiger partial charge in [0.25, 0.3) is 10.0 Å². The van der Waals surface area contributed by atoms with E-state index in [2.05, 4.69) is 10.0 Å². The number of carbonyl (C=O) groups is 1. The van der Waals surface area contributed by atoms with E-state index in [0.717, 1.165) is 5.56 Å². The first kappa shape index (κ1) is 24.5. The molecule has 0 spiro atoms. The van der Waals surface area contributed by atoms with Crippen LogP contribution in [0.3, 0.4) is 0 Å². The van der Waals surface area contributed by atoms with Gasteiger partial charge in [-0.2, -0.15) is 0 Å². The van der Waals surface area contributed by atoms with Crippen LogP contribution >= 0.6 is 11.8 Å². The molecule has 0 saturated heterocycles. The van der Waals surface area contributed by atoms with E-state index in [0.29, 0.717) is 22.9 Å². The summed E-state index contributed by atoms with van der Waals surface area (Å²) in [5.74, 6) is 1.51. The molecule has 0 saturated carbocycles. The van der Waals surface area contributed by atoms with Gasteiger partial charge in [0, 0.05) is 17.1 Å². The Labute approximate surface area is 198 Å². The Morgan fingerprint density at radius 3 is 2.21 bits per heavy atom. The highest BCUT2D eigenvalue weighted by Crippen LogP contribution is 2.29. The lowest BCUT2D eigenvalue weighted by molar-refractivity contribution is -0.113. The molecule has 9 heteroatoms. The van der Waals surface area contributed by atoms with Gasteiger partial charge in [0.15, 0.2) is 0 Å². The lowest BCUT2D eigenvalue weighted by Gasteiger charge is -2.14. The Morgan fingerprint density at radius 1 is 0.909 bits per heavy atom. The number of benzene rings is 3. The number of anilines is 2. The predicted octanol–water partition coefficient (Wildman–Crippen LogP) is 4.68. The average Bonchev–Trinajstić information content (AvgIpc) is 2.80. The first-order chi connectivity index (χ1) is 15.8. The van der Waals surface area contributed by atoms with Gasteiger partial charge in [0.2, 0.25) is 5.91 Å². The molecule has 3 aromatic rings. The minimum atomic E-state index is -3.96. The van der Waals surface area contributed by atoms with Crippen LogP contribution in [-0.2, 0) is 20.6 Å². The molecule has 0 bridgehead atoms. The second-order valence-corrected chi connectivity index (χ2v) is 9.86. The Kier molecular flexibility index (Phi) is 8.24. The maximum absolute atomic E-state index is 13.0. The lowest BCUT2D eigenvalue weighted by Crippen LogP contribution is -2.17. The van der Waals surface area contributed by atoms with Gasteiger partial charge in [-0.15, -0.1) is 11.8 Å². The molecular weight excluding hydrogens is 460 g/mol. The standard InChI is InChI=1S/C24H26N2O5S2/c1-17-4-6-18(7-5-17)15-32-16-24(27)25-20-10-13-22(31-3)23(14-20)33(28,29)26-19-8-11-21(30-2)12-9-19/h4-14,26H,15-16H2,1-3H3,(H,25,27). The van der Waals surface area contributed by atoms with E-state index in [1.807, 2.05) is 31.2 Å². The van der Waals surface area contributed by atoms with Crippen LogP contribution in [0.4, 0.5) is 11.4 Å². The highest BCUT2D eigenvalue weighted by Gasteiger charge is 2.21. The van der Waals surface area contributed by atoms with Gasteiger partial charge in [0.05, 0.1) is 20.0 Å². The van der Waals surface area contributed by atoms with Gasteiger partial charge in [-0.25, -0.2) is 8.42 Å². The number of thioether (sulfide) groups is 1. The molecule has 0 aliphatic heterocycles. The SMILES string of the molecule is COc1ccc(NS(=O)(=O)c2cc(NC(=O)CSCc3ccc(C)cc3)ccc2OC)cc1. The molecule has 0 fully saturated rings. The number of aryl methyl sites for hydroxylation is 1. The minimum Gasteiger partial charge on any atom is -0.497 e. The second kappa shape index (κ2) is 11.1. The number of sulfonamides is 1. The quantitative estimate of drug-likeness (QED) is 0.432. The van der Waals surface area contributed by atoms with Gasteiger partial charge in [-0.3, -0.25) is 9.52 Å². The van der Waals surface area contributed by atoms with Gasteiger partial charge in [-0.05, 0) is 55.0 Å². The summed E-state index contributed by atoms with van der Waals surface area (Å²) in [5, 5.41) is 2.76. The van der Waals surface area contributed by atoms with E-state index >= 15 is 0 Å². The molecule has 3 rings (SSSR count). The van der Waals surface area contributed by atoms with Gasteiger partial charge >= 0.3 is 0 Å². The highest BCUT2D eigenvalue weighted by atomic mass is 32.2. The Morgan fingerprint density at radius 2 is 1.58 bits per heavy atom. The van der Waals surface area contributed by atoms with Crippen molar-refractivity contribution in [3.63, 3.8) is 0 Å². The fourth-order valence-electron chi connectivity index (χ4n) is 2.98. The van der Waals surface area contributed by atoms with E-state index in [4.69, 9.17) is 9.47 Å². The maximum atomic E-state index is 13.0. The first-order valence-electron chi connectivity index (χ1n) is 10.1. The number of hydrogen-bond acceptors (Lipinski definition) is 6. The van der Waals surface area contributed by atoms with Crippen LogP contribution in [0.15, 0.2) is 71.6 Å². The topological polar surface area (TPSA) is 93.7 Å². The molecule has 0 aromatic heterocycles. The largest absolute Gasteiger partial charge is 0.497 e. The summed E-state index contributed by atoms with van der Waals surface area (Å²) >= 11 is 1.48. The number of carbonyl (C=O) groups excluding carboxylic acids is 1. The smallest absolute Gasteiger partial charge is 0.265 e. The lowest BCUT2D eigenvalue weighted by atomic mass is 10.2. The zero-order valence-corrected chi connectivity index (χ0v) is 20.3. The van der Waals surface area contributed by atoms with E-state index in [1.165, 1.54) is 43.7 Å². The number of methoxy groups -OCH3 is 2. The molecule has 3 aromatic carbocycles. The van der Waals surface area contributed by atoms with Crippen molar-refractivity contribution in [2.75, 3.05) is 30.0 Å². The molecule has 2 N–H and O–H groups in total. The summed E-state index contributed by atoms with van der Waals surface area (Å²) in [6.45, 7) is 2.03. The molecule has 7 nitrogen and oxygen atoms in total. The fraction of sp³-hybridized carbons (Fsp3) is 0.208. The molecular formula is C24H26N2O5S2. The molecule has 0 aliphatic carbocycles. The molecule has 33 heavy (non-hydrogen) atoms. The second-order valence-electron chi connectivity index (χ2n) is 7.23. The number of rotatable bonds is 10. The zero-order valence-electron chi connectivity index (χ0n) is 18.6. The molecule has 0 atom stereocenters. The fourth-order valence-corrected chi connectivity index (χ4v) is 5.02. The molecule has 0 heterocycles. The molecule has 0 radical (unpaired) electrons. The van der Waals surface area contributed by atoms with Gasteiger partial charge in [0.1, 0.15) is 16.4 Å². The van der Waals surface area contributed by atoms with E-state index in [1.54, 1.807) is 30.3 Å². The number of hydrogen-bond donors (Lipinski definition) is 2. The predicted molar refractivity (Wildman–Crippen MR) is 133 cm³/mol. The summed E-state index contributed by atoms with van der Waals surface area (Å²) in [7, 11) is -1.04. The average molecular weight is 487 g/mol. The molecule has 174 valence electrons. The van der Waals surface area contributed by atoms with E-state index in [9.17, 15) is 13.2 Å². The normalized spacial score (nSPS) is 11.0. The van der Waals surface area contributed by atoms with Crippen molar-refractivity contribution in [3.05, 3.63) is 77.9 Å². The minimum absolute atomic E-state index is 0.0778. The van der Waals surface area contributed by atoms with Crippen molar-refractivity contribution in [1.82, 2.24) is 0 Å². The Bertz CT molecular complexity index is 1190. The summed E-state index contributed by atoms with van der Waals surface area (Å²) in [6.07, 6.45) is 0. The van der Waals surface area contributed by atoms with Crippen LogP contribution < -0.4 is 19.5 Å². The number of ether oxygens (including phenoxy) is 2. The monoisotopic (exact) mass is 486 g/mol. The molecule has 0 aliphatic rings. The van der Waals surface area contributed by atoms with Crippen molar-refractivity contribution in [2.24, 2.45) is 0 Å². The molecule has 1 amide bonds. The van der Waals surface area contributed by atoms with Crippen LogP contribution in [0.1, 0.15) is 11.1 Å². The van der Waals surface area contributed by atoms with E-state index < -0.39 is 10.0 Å². The summed E-state index contributed by atoms with van der Waals surface area (Å²) in [4.78, 5) is 12.3. The van der Waals surface area contributed by atoms with Crippen LogP contribution in [0.5, 0.6) is 11.5 Å². The van der Waals surface area contributed by atoms with E-state index in [-0.39, 0.29) is 22.3 Å². The number of nitrogens with one attached hydrogen (secondary N) is 2. The summed E-state index contributed by atoms with van der Waals surface area (Å²) < 4.78 is 38.8. The van der Waals surface area contributed by atoms with Crippen molar-refractivity contribution in [2.45, 2.75) is 17.6 Å². The van der Waals surface area contributed by atoms with Crippen molar-refractivity contribution < 1.29 is 22.7 Å².